The fourth-order valence-electron chi connectivity index (χ4n) is 3.40. The van der Waals surface area contributed by atoms with Crippen LogP contribution in [0.15, 0.2) is 31.1 Å². The Morgan fingerprint density at radius 2 is 1.95 bits per heavy atom. The van der Waals surface area contributed by atoms with Crippen LogP contribution in [0.5, 0.6) is 0 Å². The third-order valence-corrected chi connectivity index (χ3v) is 4.81. The van der Waals surface area contributed by atoms with Crippen LogP contribution >= 0.6 is 0 Å². The summed E-state index contributed by atoms with van der Waals surface area (Å²) in [5.74, 6) is 3.37. The van der Waals surface area contributed by atoms with Gasteiger partial charge in [-0.1, -0.05) is 31.7 Å². The first-order valence-electron chi connectivity index (χ1n) is 7.69. The molecule has 1 saturated heterocycles. The number of allylic oxidation sites excluding steroid dienone is 2. The maximum Gasteiger partial charge on any atom is 0.225 e. The van der Waals surface area contributed by atoms with Gasteiger partial charge in [-0.3, -0.25) is 0 Å². The minimum atomic E-state index is 0.825. The second-order valence-electron chi connectivity index (χ2n) is 5.88. The van der Waals surface area contributed by atoms with Crippen LogP contribution in [-0.4, -0.2) is 23.1 Å². The van der Waals surface area contributed by atoms with Crippen LogP contribution in [0.3, 0.4) is 0 Å². The van der Waals surface area contributed by atoms with Gasteiger partial charge < -0.3 is 4.90 Å². The molecular formula is C17H23N3. The standard InChI is InChI=1S/C17H23N3/c1-3-13-11-18-17(19-12-13)20-9-7-15(8-10-20)16-6-5-14(16)4-2/h3,5-6,11-12,14-16H,1,4,7-10H2,2H3. The van der Waals surface area contributed by atoms with Crippen molar-refractivity contribution in [2.45, 2.75) is 26.2 Å². The summed E-state index contributed by atoms with van der Waals surface area (Å²) in [5, 5.41) is 0. The third-order valence-electron chi connectivity index (χ3n) is 4.81. The van der Waals surface area contributed by atoms with Crippen LogP contribution in [0.1, 0.15) is 31.7 Å². The van der Waals surface area contributed by atoms with Crippen molar-refractivity contribution in [2.75, 3.05) is 18.0 Å². The first-order chi connectivity index (χ1) is 9.81. The van der Waals surface area contributed by atoms with Gasteiger partial charge in [-0.15, -0.1) is 0 Å². The lowest BCUT2D eigenvalue weighted by Crippen LogP contribution is -2.39. The summed E-state index contributed by atoms with van der Waals surface area (Å²) in [5.41, 5.74) is 0.981. The molecule has 3 nitrogen and oxygen atoms in total. The molecule has 1 aromatic rings. The molecule has 2 atom stereocenters. The summed E-state index contributed by atoms with van der Waals surface area (Å²) in [6.45, 7) is 8.19. The fraction of sp³-hybridized carbons (Fsp3) is 0.529. The molecule has 0 radical (unpaired) electrons. The Kier molecular flexibility index (Phi) is 3.86. The highest BCUT2D eigenvalue weighted by Gasteiger charge is 2.33. The van der Waals surface area contributed by atoms with Gasteiger partial charge in [-0.05, 0) is 37.0 Å². The number of aromatic nitrogens is 2. The van der Waals surface area contributed by atoms with Crippen molar-refractivity contribution in [3.05, 3.63) is 36.7 Å². The molecule has 0 aromatic carbocycles. The monoisotopic (exact) mass is 269 g/mol. The van der Waals surface area contributed by atoms with E-state index >= 15 is 0 Å². The van der Waals surface area contributed by atoms with E-state index < -0.39 is 0 Å². The molecule has 1 aromatic heterocycles. The molecule has 2 unspecified atom stereocenters. The Hall–Kier alpha value is -1.64. The first kappa shape index (κ1) is 13.3. The second kappa shape index (κ2) is 5.78. The average Bonchev–Trinajstić information content (AvgIpc) is 2.48. The molecule has 2 aliphatic rings. The lowest BCUT2D eigenvalue weighted by Gasteiger charge is -2.40. The van der Waals surface area contributed by atoms with E-state index in [-0.39, 0.29) is 0 Å². The minimum Gasteiger partial charge on any atom is -0.341 e. The number of anilines is 1. The molecule has 2 heterocycles. The maximum absolute atomic E-state index is 4.44. The van der Waals surface area contributed by atoms with E-state index in [9.17, 15) is 0 Å². The van der Waals surface area contributed by atoms with E-state index in [0.29, 0.717) is 0 Å². The predicted octanol–water partition coefficient (Wildman–Crippen LogP) is 3.55. The van der Waals surface area contributed by atoms with E-state index in [2.05, 4.69) is 40.5 Å². The fourth-order valence-corrected chi connectivity index (χ4v) is 3.40. The summed E-state index contributed by atoms with van der Waals surface area (Å²) < 4.78 is 0. The molecule has 106 valence electrons. The van der Waals surface area contributed by atoms with Gasteiger partial charge in [-0.25, -0.2) is 9.97 Å². The number of rotatable bonds is 4. The molecule has 0 bridgehead atoms. The minimum absolute atomic E-state index is 0.825. The number of piperidine rings is 1. The highest BCUT2D eigenvalue weighted by Crippen LogP contribution is 2.39. The summed E-state index contributed by atoms with van der Waals surface area (Å²) in [4.78, 5) is 11.2. The van der Waals surface area contributed by atoms with Crippen LogP contribution in [0.4, 0.5) is 5.95 Å². The van der Waals surface area contributed by atoms with Crippen molar-refractivity contribution >= 4 is 12.0 Å². The molecule has 1 aliphatic heterocycles. The second-order valence-corrected chi connectivity index (χ2v) is 5.88. The third kappa shape index (κ3) is 2.49. The SMILES string of the molecule is C=Cc1cnc(N2CCC(C3C=CC3CC)CC2)nc1. The zero-order valence-corrected chi connectivity index (χ0v) is 12.2. The Balaban J connectivity index is 1.58. The summed E-state index contributed by atoms with van der Waals surface area (Å²) >= 11 is 0. The largest absolute Gasteiger partial charge is 0.341 e. The maximum atomic E-state index is 4.44. The lowest BCUT2D eigenvalue weighted by molar-refractivity contribution is 0.238. The van der Waals surface area contributed by atoms with Crippen LogP contribution in [-0.2, 0) is 0 Å². The van der Waals surface area contributed by atoms with Gasteiger partial charge in [0.25, 0.3) is 0 Å². The average molecular weight is 269 g/mol. The molecule has 1 fully saturated rings. The molecule has 0 saturated carbocycles. The number of nitrogens with zero attached hydrogens (tertiary/aromatic N) is 3. The summed E-state index contributed by atoms with van der Waals surface area (Å²) in [6.07, 6.45) is 14.1. The van der Waals surface area contributed by atoms with Gasteiger partial charge in [-0.2, -0.15) is 0 Å². The van der Waals surface area contributed by atoms with Gasteiger partial charge in [0.05, 0.1) is 0 Å². The van der Waals surface area contributed by atoms with Gasteiger partial charge in [0, 0.05) is 31.0 Å². The summed E-state index contributed by atoms with van der Waals surface area (Å²) in [7, 11) is 0. The first-order valence-corrected chi connectivity index (χ1v) is 7.69. The Labute approximate surface area is 121 Å². The van der Waals surface area contributed by atoms with Crippen molar-refractivity contribution in [1.82, 2.24) is 9.97 Å². The molecule has 0 N–H and O–H groups in total. The Morgan fingerprint density at radius 3 is 2.45 bits per heavy atom. The highest BCUT2D eigenvalue weighted by atomic mass is 15.2. The zero-order chi connectivity index (χ0) is 13.9. The molecule has 1 aliphatic carbocycles. The van der Waals surface area contributed by atoms with Crippen molar-refractivity contribution in [2.24, 2.45) is 17.8 Å². The molecule has 20 heavy (non-hydrogen) atoms. The Morgan fingerprint density at radius 1 is 1.25 bits per heavy atom. The van der Waals surface area contributed by atoms with E-state index in [0.717, 1.165) is 42.4 Å². The molecular weight excluding hydrogens is 246 g/mol. The topological polar surface area (TPSA) is 29.0 Å². The van der Waals surface area contributed by atoms with Gasteiger partial charge in [0.15, 0.2) is 0 Å². The van der Waals surface area contributed by atoms with Gasteiger partial charge in [0.2, 0.25) is 5.95 Å². The van der Waals surface area contributed by atoms with Crippen molar-refractivity contribution in [3.63, 3.8) is 0 Å². The van der Waals surface area contributed by atoms with Crippen molar-refractivity contribution < 1.29 is 0 Å². The normalized spacial score (nSPS) is 26.4. The van der Waals surface area contributed by atoms with E-state index in [4.69, 9.17) is 0 Å². The van der Waals surface area contributed by atoms with Crippen LogP contribution in [0.25, 0.3) is 6.08 Å². The lowest BCUT2D eigenvalue weighted by atomic mass is 9.69. The zero-order valence-electron chi connectivity index (χ0n) is 12.2. The van der Waals surface area contributed by atoms with Crippen molar-refractivity contribution in [3.8, 4) is 0 Å². The van der Waals surface area contributed by atoms with Gasteiger partial charge in [0.1, 0.15) is 0 Å². The van der Waals surface area contributed by atoms with E-state index in [1.165, 1.54) is 19.3 Å². The number of hydrogen-bond acceptors (Lipinski definition) is 3. The predicted molar refractivity (Wildman–Crippen MR) is 83.5 cm³/mol. The summed E-state index contributed by atoms with van der Waals surface area (Å²) in [6, 6.07) is 0. The molecule has 3 rings (SSSR count). The van der Waals surface area contributed by atoms with E-state index in [1.54, 1.807) is 6.08 Å². The number of hydrogen-bond donors (Lipinski definition) is 0. The van der Waals surface area contributed by atoms with Gasteiger partial charge >= 0.3 is 0 Å². The Bertz CT molecular complexity index is 483. The quantitative estimate of drug-likeness (QED) is 0.783. The van der Waals surface area contributed by atoms with Crippen LogP contribution < -0.4 is 4.90 Å². The van der Waals surface area contributed by atoms with Crippen LogP contribution in [0, 0.1) is 17.8 Å². The smallest absolute Gasteiger partial charge is 0.225 e. The molecule has 0 spiro atoms. The van der Waals surface area contributed by atoms with Crippen molar-refractivity contribution in [1.29, 1.82) is 0 Å². The highest BCUT2D eigenvalue weighted by molar-refractivity contribution is 5.45. The van der Waals surface area contributed by atoms with Crippen LogP contribution in [0.2, 0.25) is 0 Å². The molecule has 3 heteroatoms. The molecule has 0 amide bonds. The van der Waals surface area contributed by atoms with E-state index in [1.807, 2.05) is 12.4 Å².